The highest BCUT2D eigenvalue weighted by Gasteiger charge is 2.37. The summed E-state index contributed by atoms with van der Waals surface area (Å²) in [5, 5.41) is 0. The first-order valence-corrected chi connectivity index (χ1v) is 8.42. The molecule has 0 bridgehead atoms. The van der Waals surface area contributed by atoms with Crippen molar-refractivity contribution < 1.29 is 8.42 Å². The molecule has 1 heterocycles. The Balaban J connectivity index is 2.08. The van der Waals surface area contributed by atoms with E-state index >= 15 is 0 Å². The van der Waals surface area contributed by atoms with Crippen LogP contribution in [0.3, 0.4) is 0 Å². The molecule has 1 saturated heterocycles. The van der Waals surface area contributed by atoms with Crippen LogP contribution >= 0.6 is 11.6 Å². The van der Waals surface area contributed by atoms with Gasteiger partial charge in [-0.3, -0.25) is 0 Å². The predicted molar refractivity (Wildman–Crippen MR) is 69.4 cm³/mol. The molecule has 0 unspecified atom stereocenters. The molecule has 1 saturated carbocycles. The molecule has 2 fully saturated rings. The van der Waals surface area contributed by atoms with Gasteiger partial charge in [0.15, 0.2) is 0 Å². The molecule has 0 amide bonds. The molecule has 0 aromatic rings. The average molecular weight is 281 g/mol. The topological polar surface area (TPSA) is 40.6 Å². The van der Waals surface area contributed by atoms with Crippen molar-refractivity contribution in [1.29, 1.82) is 0 Å². The molecule has 2 rings (SSSR count). The Morgan fingerprint density at radius 3 is 2.24 bits per heavy atom. The standard InChI is InChI=1S/C11H21ClN2O2S/c12-7-10-14(11-5-4-6-11)17(15,16)13-8-2-1-3-9-13/h11H,1-10H2. The second kappa shape index (κ2) is 5.87. The van der Waals surface area contributed by atoms with Gasteiger partial charge in [0, 0.05) is 31.6 Å². The highest BCUT2D eigenvalue weighted by molar-refractivity contribution is 7.86. The van der Waals surface area contributed by atoms with Gasteiger partial charge in [0.25, 0.3) is 10.2 Å². The fourth-order valence-electron chi connectivity index (χ4n) is 2.49. The van der Waals surface area contributed by atoms with Crippen molar-refractivity contribution in [3.05, 3.63) is 0 Å². The molecule has 1 aliphatic carbocycles. The summed E-state index contributed by atoms with van der Waals surface area (Å²) >= 11 is 5.74. The lowest BCUT2D eigenvalue weighted by atomic mass is 9.93. The van der Waals surface area contributed by atoms with E-state index in [1.807, 2.05) is 0 Å². The fraction of sp³-hybridized carbons (Fsp3) is 1.00. The Morgan fingerprint density at radius 1 is 1.12 bits per heavy atom. The van der Waals surface area contributed by atoms with E-state index in [2.05, 4.69) is 0 Å². The maximum Gasteiger partial charge on any atom is 0.282 e. The van der Waals surface area contributed by atoms with Crippen LogP contribution in [-0.2, 0) is 10.2 Å². The highest BCUT2D eigenvalue weighted by atomic mass is 35.5. The first-order chi connectivity index (χ1) is 8.16. The fourth-order valence-corrected chi connectivity index (χ4v) is 4.70. The lowest BCUT2D eigenvalue weighted by Crippen LogP contribution is -2.52. The van der Waals surface area contributed by atoms with Crippen molar-refractivity contribution in [3.8, 4) is 0 Å². The van der Waals surface area contributed by atoms with Crippen LogP contribution in [0.2, 0.25) is 0 Å². The van der Waals surface area contributed by atoms with Gasteiger partial charge in [-0.25, -0.2) is 0 Å². The average Bonchev–Trinajstić information content (AvgIpc) is 2.27. The van der Waals surface area contributed by atoms with E-state index in [9.17, 15) is 8.42 Å². The van der Waals surface area contributed by atoms with E-state index in [4.69, 9.17) is 11.6 Å². The van der Waals surface area contributed by atoms with Crippen LogP contribution in [0.4, 0.5) is 0 Å². The van der Waals surface area contributed by atoms with Gasteiger partial charge >= 0.3 is 0 Å². The van der Waals surface area contributed by atoms with Gasteiger partial charge in [-0.1, -0.05) is 12.8 Å². The molecule has 100 valence electrons. The number of nitrogens with zero attached hydrogens (tertiary/aromatic N) is 2. The molecule has 17 heavy (non-hydrogen) atoms. The number of halogens is 1. The molecular formula is C11H21ClN2O2S. The minimum Gasteiger partial charge on any atom is -0.195 e. The third-order valence-corrected chi connectivity index (χ3v) is 5.98. The maximum atomic E-state index is 12.5. The molecule has 0 aromatic carbocycles. The molecular weight excluding hydrogens is 260 g/mol. The number of hydrogen-bond donors (Lipinski definition) is 0. The maximum absolute atomic E-state index is 12.5. The van der Waals surface area contributed by atoms with Gasteiger partial charge in [0.05, 0.1) is 0 Å². The lowest BCUT2D eigenvalue weighted by Gasteiger charge is -2.40. The van der Waals surface area contributed by atoms with Crippen LogP contribution in [0.5, 0.6) is 0 Å². The third-order valence-electron chi connectivity index (χ3n) is 3.72. The Kier molecular flexibility index (Phi) is 4.69. The van der Waals surface area contributed by atoms with E-state index in [1.165, 1.54) is 0 Å². The molecule has 2 aliphatic rings. The molecule has 1 aliphatic heterocycles. The second-order valence-corrected chi connectivity index (χ2v) is 7.11. The van der Waals surface area contributed by atoms with Crippen LogP contribution in [0.25, 0.3) is 0 Å². The normalized spacial score (nSPS) is 23.9. The molecule has 6 heteroatoms. The second-order valence-electron chi connectivity index (χ2n) is 4.85. The van der Waals surface area contributed by atoms with Crippen molar-refractivity contribution >= 4 is 21.8 Å². The van der Waals surface area contributed by atoms with Gasteiger partial charge in [0.1, 0.15) is 0 Å². The van der Waals surface area contributed by atoms with Crippen LogP contribution < -0.4 is 0 Å². The van der Waals surface area contributed by atoms with E-state index in [-0.39, 0.29) is 6.04 Å². The third kappa shape index (κ3) is 2.95. The SMILES string of the molecule is O=S(=O)(N1CCCCC1)N(CCCl)C1CCC1. The Morgan fingerprint density at radius 2 is 1.76 bits per heavy atom. The minimum absolute atomic E-state index is 0.195. The van der Waals surface area contributed by atoms with Crippen LogP contribution in [0.1, 0.15) is 38.5 Å². The zero-order valence-electron chi connectivity index (χ0n) is 10.1. The van der Waals surface area contributed by atoms with Crippen molar-refractivity contribution in [2.24, 2.45) is 0 Å². The molecule has 0 radical (unpaired) electrons. The molecule has 0 aromatic heterocycles. The number of piperidine rings is 1. The van der Waals surface area contributed by atoms with Crippen molar-refractivity contribution in [2.45, 2.75) is 44.6 Å². The van der Waals surface area contributed by atoms with E-state index in [1.54, 1.807) is 8.61 Å². The number of hydrogen-bond acceptors (Lipinski definition) is 2. The molecule has 0 N–H and O–H groups in total. The van der Waals surface area contributed by atoms with Crippen LogP contribution in [0, 0.1) is 0 Å². The number of rotatable bonds is 5. The first kappa shape index (κ1) is 13.6. The molecule has 4 nitrogen and oxygen atoms in total. The summed E-state index contributed by atoms with van der Waals surface area (Å²) < 4.78 is 28.3. The van der Waals surface area contributed by atoms with Gasteiger partial charge in [-0.15, -0.1) is 11.6 Å². The summed E-state index contributed by atoms with van der Waals surface area (Å²) in [6.45, 7) is 1.80. The van der Waals surface area contributed by atoms with Crippen molar-refractivity contribution in [3.63, 3.8) is 0 Å². The van der Waals surface area contributed by atoms with Gasteiger partial charge in [-0.05, 0) is 25.7 Å². The van der Waals surface area contributed by atoms with E-state index < -0.39 is 10.2 Å². The zero-order chi connectivity index (χ0) is 12.3. The van der Waals surface area contributed by atoms with Crippen molar-refractivity contribution in [1.82, 2.24) is 8.61 Å². The first-order valence-electron chi connectivity index (χ1n) is 6.49. The summed E-state index contributed by atoms with van der Waals surface area (Å²) in [4.78, 5) is 0. The Labute approximate surface area is 109 Å². The van der Waals surface area contributed by atoms with E-state index in [0.29, 0.717) is 25.5 Å². The lowest BCUT2D eigenvalue weighted by molar-refractivity contribution is 0.206. The summed E-state index contributed by atoms with van der Waals surface area (Å²) in [7, 11) is -3.26. The monoisotopic (exact) mass is 280 g/mol. The molecule has 0 atom stereocenters. The van der Waals surface area contributed by atoms with Crippen molar-refractivity contribution in [2.75, 3.05) is 25.5 Å². The highest BCUT2D eigenvalue weighted by Crippen LogP contribution is 2.29. The smallest absolute Gasteiger partial charge is 0.195 e. The summed E-state index contributed by atoms with van der Waals surface area (Å²) in [5.74, 6) is 0.379. The Bertz CT molecular complexity index is 337. The quantitative estimate of drug-likeness (QED) is 0.721. The van der Waals surface area contributed by atoms with Gasteiger partial charge in [0.2, 0.25) is 0 Å². The zero-order valence-corrected chi connectivity index (χ0v) is 11.7. The largest absolute Gasteiger partial charge is 0.282 e. The predicted octanol–water partition coefficient (Wildman–Crippen LogP) is 1.81. The van der Waals surface area contributed by atoms with Crippen LogP contribution in [0.15, 0.2) is 0 Å². The summed E-state index contributed by atoms with van der Waals surface area (Å²) in [5.41, 5.74) is 0. The Hall–Kier alpha value is 0.160. The number of alkyl halides is 1. The molecule has 0 spiro atoms. The van der Waals surface area contributed by atoms with Crippen LogP contribution in [-0.4, -0.2) is 48.6 Å². The van der Waals surface area contributed by atoms with Gasteiger partial charge in [-0.2, -0.15) is 17.0 Å². The summed E-state index contributed by atoms with van der Waals surface area (Å²) in [6.07, 6.45) is 6.23. The minimum atomic E-state index is -3.26. The van der Waals surface area contributed by atoms with Gasteiger partial charge < -0.3 is 0 Å². The summed E-state index contributed by atoms with van der Waals surface area (Å²) in [6, 6.07) is 0.195. The van der Waals surface area contributed by atoms with E-state index in [0.717, 1.165) is 38.5 Å².